The number of pyridine rings is 1. The predicted octanol–water partition coefficient (Wildman–Crippen LogP) is 2.68. The summed E-state index contributed by atoms with van der Waals surface area (Å²) < 4.78 is 61.2. The number of halogens is 3. The van der Waals surface area contributed by atoms with Crippen molar-refractivity contribution in [2.75, 3.05) is 0 Å². The number of nitrogens with zero attached hydrogens (tertiary/aromatic N) is 2. The zero-order valence-electron chi connectivity index (χ0n) is 13.8. The highest BCUT2D eigenvalue weighted by molar-refractivity contribution is 5.19. The molecule has 0 bridgehead atoms. The van der Waals surface area contributed by atoms with Crippen LogP contribution in [0.1, 0.15) is 26.5 Å². The first-order valence-corrected chi connectivity index (χ1v) is 7.72. The highest BCUT2D eigenvalue weighted by Crippen LogP contribution is 2.39. The standard InChI is InChI=1S/C16H17F3N2O4/c1-8-12-14(25-15(2,3)24-12)13(9(7-20)22-8)23-11-6-4-5-10(21-11)16(17,18)19/h4-6,8-9,12-14H,1-3H3/t8-,9-,12+,13+,14+/m1/s1. The van der Waals surface area contributed by atoms with Gasteiger partial charge < -0.3 is 18.9 Å². The smallest absolute Gasteiger partial charge is 0.433 e. The molecule has 25 heavy (non-hydrogen) atoms. The fourth-order valence-electron chi connectivity index (χ4n) is 3.00. The van der Waals surface area contributed by atoms with Gasteiger partial charge in [-0.15, -0.1) is 0 Å². The number of rotatable bonds is 2. The Morgan fingerprint density at radius 3 is 2.56 bits per heavy atom. The summed E-state index contributed by atoms with van der Waals surface area (Å²) in [6, 6.07) is 5.28. The lowest BCUT2D eigenvalue weighted by atomic mass is 9.96. The third-order valence-electron chi connectivity index (χ3n) is 4.01. The van der Waals surface area contributed by atoms with Crippen molar-refractivity contribution >= 4 is 0 Å². The summed E-state index contributed by atoms with van der Waals surface area (Å²) in [7, 11) is 0. The van der Waals surface area contributed by atoms with Gasteiger partial charge >= 0.3 is 6.18 Å². The van der Waals surface area contributed by atoms with E-state index in [1.54, 1.807) is 20.8 Å². The Kier molecular flexibility index (Phi) is 4.39. The summed E-state index contributed by atoms with van der Waals surface area (Å²) in [5, 5.41) is 9.34. The van der Waals surface area contributed by atoms with Crippen LogP contribution in [0.4, 0.5) is 13.2 Å². The van der Waals surface area contributed by atoms with Crippen molar-refractivity contribution in [3.63, 3.8) is 0 Å². The van der Waals surface area contributed by atoms with Crippen LogP contribution in [0.2, 0.25) is 0 Å². The molecule has 0 aromatic carbocycles. The summed E-state index contributed by atoms with van der Waals surface area (Å²) in [4.78, 5) is 3.47. The number of hydrogen-bond donors (Lipinski definition) is 0. The van der Waals surface area contributed by atoms with Gasteiger partial charge in [0, 0.05) is 6.07 Å². The Balaban J connectivity index is 1.88. The van der Waals surface area contributed by atoms with E-state index in [0.29, 0.717) is 0 Å². The minimum absolute atomic E-state index is 0.259. The van der Waals surface area contributed by atoms with Crippen LogP contribution in [0.25, 0.3) is 0 Å². The maximum atomic E-state index is 12.8. The number of alkyl halides is 3. The molecular formula is C16H17F3N2O4. The Hall–Kier alpha value is -1.89. The lowest BCUT2D eigenvalue weighted by molar-refractivity contribution is -0.156. The molecule has 1 aromatic rings. The molecule has 0 N–H and O–H groups in total. The SMILES string of the molecule is C[C@H]1O[C@H](C#N)[C@H](Oc2cccc(C(F)(F)F)n2)[C@H]2OC(C)(C)O[C@H]21. The molecule has 5 atom stereocenters. The molecule has 0 radical (unpaired) electrons. The van der Waals surface area contributed by atoms with E-state index >= 15 is 0 Å². The Labute approximate surface area is 142 Å². The van der Waals surface area contributed by atoms with Crippen molar-refractivity contribution in [3.05, 3.63) is 23.9 Å². The molecule has 6 nitrogen and oxygen atoms in total. The normalized spacial score (nSPS) is 34.2. The van der Waals surface area contributed by atoms with E-state index in [4.69, 9.17) is 18.9 Å². The average Bonchev–Trinajstić information content (AvgIpc) is 2.85. The summed E-state index contributed by atoms with van der Waals surface area (Å²) in [5.41, 5.74) is -1.08. The number of fused-ring (bicyclic) bond motifs is 1. The maximum absolute atomic E-state index is 12.8. The van der Waals surface area contributed by atoms with Crippen molar-refractivity contribution in [2.24, 2.45) is 0 Å². The minimum atomic E-state index is -4.59. The highest BCUT2D eigenvalue weighted by Gasteiger charge is 2.55. The molecule has 0 unspecified atom stereocenters. The lowest BCUT2D eigenvalue weighted by Gasteiger charge is -2.38. The van der Waals surface area contributed by atoms with Crippen LogP contribution in [-0.4, -0.2) is 41.3 Å². The lowest BCUT2D eigenvalue weighted by Crippen LogP contribution is -2.57. The second kappa shape index (κ2) is 6.12. The van der Waals surface area contributed by atoms with Crippen molar-refractivity contribution in [1.82, 2.24) is 4.98 Å². The van der Waals surface area contributed by atoms with Crippen LogP contribution in [0, 0.1) is 11.3 Å². The van der Waals surface area contributed by atoms with Gasteiger partial charge in [0.05, 0.1) is 12.2 Å². The zero-order valence-corrected chi connectivity index (χ0v) is 13.8. The number of ether oxygens (including phenoxy) is 4. The molecule has 2 aliphatic heterocycles. The van der Waals surface area contributed by atoms with Crippen molar-refractivity contribution in [2.45, 2.75) is 63.3 Å². The van der Waals surface area contributed by atoms with E-state index in [1.165, 1.54) is 12.1 Å². The molecule has 9 heteroatoms. The third-order valence-corrected chi connectivity index (χ3v) is 4.01. The molecule has 2 aliphatic rings. The van der Waals surface area contributed by atoms with Gasteiger partial charge in [-0.1, -0.05) is 6.07 Å². The average molecular weight is 358 g/mol. The fourth-order valence-corrected chi connectivity index (χ4v) is 3.00. The topological polar surface area (TPSA) is 73.6 Å². The van der Waals surface area contributed by atoms with Gasteiger partial charge in [0.15, 0.2) is 18.0 Å². The van der Waals surface area contributed by atoms with Gasteiger partial charge in [-0.2, -0.15) is 18.4 Å². The molecule has 0 saturated carbocycles. The quantitative estimate of drug-likeness (QED) is 0.809. The van der Waals surface area contributed by atoms with Crippen LogP contribution in [-0.2, 0) is 20.4 Å². The van der Waals surface area contributed by atoms with Crippen LogP contribution >= 0.6 is 0 Å². The predicted molar refractivity (Wildman–Crippen MR) is 77.4 cm³/mol. The summed E-state index contributed by atoms with van der Waals surface area (Å²) >= 11 is 0. The number of hydrogen-bond acceptors (Lipinski definition) is 6. The van der Waals surface area contributed by atoms with E-state index in [2.05, 4.69) is 4.98 Å². The second-order valence-electron chi connectivity index (χ2n) is 6.40. The van der Waals surface area contributed by atoms with Gasteiger partial charge in [0.2, 0.25) is 5.88 Å². The maximum Gasteiger partial charge on any atom is 0.433 e. The Morgan fingerprint density at radius 1 is 1.24 bits per heavy atom. The summed E-state index contributed by atoms with van der Waals surface area (Å²) in [6.45, 7) is 5.16. The highest BCUT2D eigenvalue weighted by atomic mass is 19.4. The first-order valence-electron chi connectivity index (χ1n) is 7.72. The van der Waals surface area contributed by atoms with Crippen LogP contribution in [0.3, 0.4) is 0 Å². The first-order chi connectivity index (χ1) is 11.6. The van der Waals surface area contributed by atoms with E-state index in [9.17, 15) is 18.4 Å². The molecule has 136 valence electrons. The van der Waals surface area contributed by atoms with Crippen LogP contribution in [0.5, 0.6) is 5.88 Å². The minimum Gasteiger partial charge on any atom is -0.467 e. The molecule has 0 aliphatic carbocycles. The Morgan fingerprint density at radius 2 is 1.92 bits per heavy atom. The third kappa shape index (κ3) is 3.56. The molecule has 0 amide bonds. The first kappa shape index (κ1) is 17.9. The monoisotopic (exact) mass is 358 g/mol. The molecule has 3 rings (SSSR count). The second-order valence-corrected chi connectivity index (χ2v) is 6.40. The number of aromatic nitrogens is 1. The molecule has 3 heterocycles. The largest absolute Gasteiger partial charge is 0.467 e. The van der Waals surface area contributed by atoms with Crippen LogP contribution in [0.15, 0.2) is 18.2 Å². The number of nitriles is 1. The van der Waals surface area contributed by atoms with E-state index in [-0.39, 0.29) is 5.88 Å². The van der Waals surface area contributed by atoms with Crippen LogP contribution < -0.4 is 4.74 Å². The zero-order chi connectivity index (χ0) is 18.4. The van der Waals surface area contributed by atoms with Crippen molar-refractivity contribution in [1.29, 1.82) is 5.26 Å². The van der Waals surface area contributed by atoms with Crippen molar-refractivity contribution < 1.29 is 32.1 Å². The van der Waals surface area contributed by atoms with E-state index < -0.39 is 48.2 Å². The van der Waals surface area contributed by atoms with E-state index in [0.717, 1.165) is 6.07 Å². The Bertz CT molecular complexity index is 689. The van der Waals surface area contributed by atoms with E-state index in [1.807, 2.05) is 6.07 Å². The van der Waals surface area contributed by atoms with Gasteiger partial charge in [-0.05, 0) is 26.8 Å². The van der Waals surface area contributed by atoms with Gasteiger partial charge in [0.1, 0.15) is 17.9 Å². The molecule has 2 fully saturated rings. The molecular weight excluding hydrogens is 341 g/mol. The molecule has 2 saturated heterocycles. The fraction of sp³-hybridized carbons (Fsp3) is 0.625. The van der Waals surface area contributed by atoms with Gasteiger partial charge in [0.25, 0.3) is 0 Å². The van der Waals surface area contributed by atoms with Gasteiger partial charge in [-0.25, -0.2) is 4.98 Å². The van der Waals surface area contributed by atoms with Gasteiger partial charge in [-0.3, -0.25) is 0 Å². The molecule has 1 aromatic heterocycles. The summed E-state index contributed by atoms with van der Waals surface area (Å²) in [6.07, 6.45) is -8.18. The molecule has 0 spiro atoms. The summed E-state index contributed by atoms with van der Waals surface area (Å²) in [5.74, 6) is -1.18. The van der Waals surface area contributed by atoms with Crippen molar-refractivity contribution in [3.8, 4) is 11.9 Å².